The molecule has 3 fully saturated rings. The smallest absolute Gasteiger partial charge is 0.185 e. The van der Waals surface area contributed by atoms with Gasteiger partial charge in [0.25, 0.3) is 0 Å². The zero-order valence-electron chi connectivity index (χ0n) is 17.0. The normalized spacial score (nSPS) is 54.0. The van der Waals surface area contributed by atoms with Crippen molar-refractivity contribution in [2.75, 3.05) is 13.2 Å². The highest BCUT2D eigenvalue weighted by Crippen LogP contribution is 2.30. The molecule has 14 nitrogen and oxygen atoms in total. The summed E-state index contributed by atoms with van der Waals surface area (Å²) in [6.07, 6.45) is -11.8. The van der Waals surface area contributed by atoms with Crippen LogP contribution in [0.2, 0.25) is 0 Å². The quantitative estimate of drug-likeness (QED) is 0.185. The highest BCUT2D eigenvalue weighted by Gasteiger charge is 2.50. The zero-order chi connectivity index (χ0) is 23.0. The lowest BCUT2D eigenvalue weighted by Crippen LogP contribution is -2.68. The van der Waals surface area contributed by atoms with Crippen LogP contribution in [0.4, 0.5) is 0 Å². The molecule has 0 aromatic rings. The lowest BCUT2D eigenvalue weighted by atomic mass is 9.84. The van der Waals surface area contributed by atoms with E-state index >= 15 is 0 Å². The average molecular weight is 453 g/mol. The van der Waals surface area contributed by atoms with Crippen molar-refractivity contribution in [3.05, 3.63) is 0 Å². The van der Waals surface area contributed by atoms with E-state index in [9.17, 15) is 25.5 Å². The summed E-state index contributed by atoms with van der Waals surface area (Å²) in [6, 6.07) is -3.59. The number of nitrogens with two attached hydrogens (primary N) is 5. The van der Waals surface area contributed by atoms with Crippen molar-refractivity contribution in [1.29, 1.82) is 0 Å². The van der Waals surface area contributed by atoms with Crippen molar-refractivity contribution < 1.29 is 44.5 Å². The number of aliphatic hydroxyl groups excluding tert-OH is 5. The molecule has 10 unspecified atom stereocenters. The Bertz CT molecular complexity index is 592. The van der Waals surface area contributed by atoms with Crippen molar-refractivity contribution in [2.24, 2.45) is 28.7 Å². The van der Waals surface area contributed by atoms with Gasteiger partial charge in [0.1, 0.15) is 42.7 Å². The molecule has 3 aliphatic rings. The number of aliphatic hydroxyl groups is 5. The van der Waals surface area contributed by atoms with Crippen LogP contribution < -0.4 is 28.7 Å². The summed E-state index contributed by atoms with van der Waals surface area (Å²) in [6.45, 7) is -0.254. The molecule has 2 heterocycles. The molecule has 1 aliphatic carbocycles. The summed E-state index contributed by atoms with van der Waals surface area (Å²) in [5.41, 5.74) is 29.5. The largest absolute Gasteiger partial charge is 0.389 e. The van der Waals surface area contributed by atoms with Gasteiger partial charge in [-0.1, -0.05) is 0 Å². The lowest BCUT2D eigenvalue weighted by molar-refractivity contribution is -0.307. The van der Waals surface area contributed by atoms with Crippen LogP contribution in [0.15, 0.2) is 0 Å². The molecule has 2 aliphatic heterocycles. The Kier molecular flexibility index (Phi) is 8.21. The second-order valence-corrected chi connectivity index (χ2v) is 8.43. The molecule has 0 spiro atoms. The molecule has 1 saturated carbocycles. The number of hydrogen-bond acceptors (Lipinski definition) is 14. The molecule has 14 heteroatoms. The first-order valence-corrected chi connectivity index (χ1v) is 10.3. The average Bonchev–Trinajstić information content (AvgIpc) is 2.73. The summed E-state index contributed by atoms with van der Waals surface area (Å²) in [5.74, 6) is 0. The minimum atomic E-state index is -1.38. The van der Waals surface area contributed by atoms with E-state index in [2.05, 4.69) is 0 Å². The highest BCUT2D eigenvalue weighted by atomic mass is 16.7. The van der Waals surface area contributed by atoms with Crippen LogP contribution in [-0.4, -0.2) is 124 Å². The molecule has 0 aromatic carbocycles. The molecule has 0 bridgehead atoms. The van der Waals surface area contributed by atoms with Crippen molar-refractivity contribution in [3.63, 3.8) is 0 Å². The van der Waals surface area contributed by atoms with E-state index in [1.807, 2.05) is 0 Å². The summed E-state index contributed by atoms with van der Waals surface area (Å²) in [5, 5.41) is 51.0. The van der Waals surface area contributed by atoms with Gasteiger partial charge in [-0.15, -0.1) is 0 Å². The Morgan fingerprint density at radius 1 is 0.742 bits per heavy atom. The van der Waals surface area contributed by atoms with Crippen LogP contribution in [0, 0.1) is 0 Å². The molecule has 14 atom stereocenters. The summed E-state index contributed by atoms with van der Waals surface area (Å²) in [4.78, 5) is 0. The third-order valence-corrected chi connectivity index (χ3v) is 6.17. The maximum atomic E-state index is 10.9. The number of ether oxygens (including phenoxy) is 4. The monoisotopic (exact) mass is 453 g/mol. The predicted octanol–water partition coefficient (Wildman–Crippen LogP) is -6.69. The Morgan fingerprint density at radius 2 is 1.32 bits per heavy atom. The topological polar surface area (TPSA) is 268 Å². The van der Waals surface area contributed by atoms with Crippen molar-refractivity contribution in [3.8, 4) is 0 Å². The van der Waals surface area contributed by atoms with Gasteiger partial charge in [-0.3, -0.25) is 0 Å². The minimum absolute atomic E-state index is 0.0935. The molecule has 182 valence electrons. The van der Waals surface area contributed by atoms with Gasteiger partial charge in [0, 0.05) is 18.6 Å². The highest BCUT2D eigenvalue weighted by molar-refractivity contribution is 5.01. The third kappa shape index (κ3) is 5.02. The first-order valence-electron chi connectivity index (χ1n) is 10.3. The van der Waals surface area contributed by atoms with Gasteiger partial charge >= 0.3 is 0 Å². The van der Waals surface area contributed by atoms with Gasteiger partial charge in [0.2, 0.25) is 0 Å². The molecule has 0 radical (unpaired) electrons. The van der Waals surface area contributed by atoms with Crippen LogP contribution in [0.25, 0.3) is 0 Å². The fourth-order valence-corrected chi connectivity index (χ4v) is 4.15. The van der Waals surface area contributed by atoms with E-state index in [1.165, 1.54) is 0 Å². The SMILES string of the molecule is NCC1O[C@H](OC2C(N)CC(N)C(OC3OCC(O)C(N)[C@H]3O)[C@H]2O)C(N)C(O)[C@@H]1O. The third-order valence-electron chi connectivity index (χ3n) is 6.17. The Morgan fingerprint density at radius 3 is 1.90 bits per heavy atom. The van der Waals surface area contributed by atoms with E-state index in [0.29, 0.717) is 0 Å². The number of rotatable bonds is 5. The molecule has 0 amide bonds. The van der Waals surface area contributed by atoms with Crippen LogP contribution in [0.3, 0.4) is 0 Å². The summed E-state index contributed by atoms with van der Waals surface area (Å²) >= 11 is 0. The Labute approximate surface area is 179 Å². The summed E-state index contributed by atoms with van der Waals surface area (Å²) < 4.78 is 22.4. The van der Waals surface area contributed by atoms with E-state index < -0.39 is 85.6 Å². The lowest BCUT2D eigenvalue weighted by Gasteiger charge is -2.47. The van der Waals surface area contributed by atoms with Crippen LogP contribution in [0.5, 0.6) is 0 Å². The second-order valence-electron chi connectivity index (χ2n) is 8.43. The first kappa shape index (κ1) is 25.1. The first-order chi connectivity index (χ1) is 14.6. The van der Waals surface area contributed by atoms with Crippen molar-refractivity contribution >= 4 is 0 Å². The van der Waals surface area contributed by atoms with E-state index in [-0.39, 0.29) is 19.6 Å². The van der Waals surface area contributed by atoms with E-state index in [4.69, 9.17) is 47.6 Å². The maximum absolute atomic E-state index is 10.9. The van der Waals surface area contributed by atoms with E-state index in [1.54, 1.807) is 0 Å². The van der Waals surface area contributed by atoms with Crippen LogP contribution >= 0.6 is 0 Å². The minimum Gasteiger partial charge on any atom is -0.389 e. The molecule has 31 heavy (non-hydrogen) atoms. The molecule has 2 saturated heterocycles. The van der Waals surface area contributed by atoms with Crippen molar-refractivity contribution in [2.45, 2.75) is 92.0 Å². The molecule has 3 rings (SSSR count). The molecule has 15 N–H and O–H groups in total. The van der Waals surface area contributed by atoms with Gasteiger partial charge < -0.3 is 73.1 Å². The summed E-state index contributed by atoms with van der Waals surface area (Å²) in [7, 11) is 0. The molecular weight excluding hydrogens is 418 g/mol. The maximum Gasteiger partial charge on any atom is 0.185 e. The van der Waals surface area contributed by atoms with Crippen LogP contribution in [0.1, 0.15) is 6.42 Å². The van der Waals surface area contributed by atoms with Crippen molar-refractivity contribution in [1.82, 2.24) is 0 Å². The Hall–Kier alpha value is -0.560. The number of hydrogen-bond donors (Lipinski definition) is 10. The second kappa shape index (κ2) is 10.1. The zero-order valence-corrected chi connectivity index (χ0v) is 17.0. The fourth-order valence-electron chi connectivity index (χ4n) is 4.15. The molecular formula is C17H35N5O9. The predicted molar refractivity (Wildman–Crippen MR) is 104 cm³/mol. The fraction of sp³-hybridized carbons (Fsp3) is 1.00. The standard InChI is InChI=1S/C17H35N5O9/c18-2-7-10(24)11(25)9(22)16(29-7)30-14-4(19)1-5(20)15(13(14)27)31-17-12(26)8(21)6(23)3-28-17/h4-17,23-27H,1-3,18-22H2/t4?,5?,6?,7?,8?,9?,10-,11?,12-,13+,14?,15?,16-,17?/m1/s1. The molecule has 0 aromatic heterocycles. The van der Waals surface area contributed by atoms with Gasteiger partial charge in [-0.05, 0) is 6.42 Å². The van der Waals surface area contributed by atoms with E-state index in [0.717, 1.165) is 0 Å². The Balaban J connectivity index is 1.70. The van der Waals surface area contributed by atoms with Gasteiger partial charge in [0.15, 0.2) is 12.6 Å². The van der Waals surface area contributed by atoms with Gasteiger partial charge in [-0.2, -0.15) is 0 Å². The van der Waals surface area contributed by atoms with Crippen LogP contribution in [-0.2, 0) is 18.9 Å². The van der Waals surface area contributed by atoms with Gasteiger partial charge in [0.05, 0.1) is 24.8 Å². The van der Waals surface area contributed by atoms with Gasteiger partial charge in [-0.25, -0.2) is 0 Å².